The maximum absolute atomic E-state index is 13.4. The highest BCUT2D eigenvalue weighted by atomic mass is 19.2. The third-order valence-electron chi connectivity index (χ3n) is 2.74. The van der Waals surface area contributed by atoms with Gasteiger partial charge in [0, 0.05) is 6.42 Å². The van der Waals surface area contributed by atoms with Crippen LogP contribution >= 0.6 is 0 Å². The molecule has 1 aromatic carbocycles. The van der Waals surface area contributed by atoms with Crippen molar-refractivity contribution in [3.05, 3.63) is 34.9 Å². The van der Waals surface area contributed by atoms with Gasteiger partial charge in [-0.25, -0.2) is 13.6 Å². The van der Waals surface area contributed by atoms with Gasteiger partial charge in [0.15, 0.2) is 11.6 Å². The molecule has 0 heterocycles. The summed E-state index contributed by atoms with van der Waals surface area (Å²) in [5, 5.41) is 18.1. The van der Waals surface area contributed by atoms with Crippen LogP contribution in [0.15, 0.2) is 12.1 Å². The predicted molar refractivity (Wildman–Crippen MR) is 51.2 cm³/mol. The Balaban J connectivity index is 2.34. The third-order valence-corrected chi connectivity index (χ3v) is 2.74. The van der Waals surface area contributed by atoms with E-state index in [4.69, 9.17) is 5.11 Å². The molecule has 2 rings (SSSR count). The summed E-state index contributed by atoms with van der Waals surface area (Å²) in [6.07, 6.45) is 1.15. The minimum Gasteiger partial charge on any atom is -0.478 e. The fourth-order valence-corrected chi connectivity index (χ4v) is 1.57. The van der Waals surface area contributed by atoms with Crippen molar-refractivity contribution in [2.45, 2.75) is 24.9 Å². The molecule has 2 N–H and O–H groups in total. The second-order valence-electron chi connectivity index (χ2n) is 4.11. The number of carboxylic acids is 1. The average Bonchev–Trinajstić information content (AvgIpc) is 2.91. The molecule has 0 unspecified atom stereocenters. The maximum atomic E-state index is 13.4. The Morgan fingerprint density at radius 1 is 1.31 bits per heavy atom. The second-order valence-corrected chi connectivity index (χ2v) is 4.11. The summed E-state index contributed by atoms with van der Waals surface area (Å²) < 4.78 is 26.7. The first-order valence-electron chi connectivity index (χ1n) is 4.85. The summed E-state index contributed by atoms with van der Waals surface area (Å²) in [6.45, 7) is 0. The first kappa shape index (κ1) is 11.0. The number of carboxylic acid groups (broad SMARTS) is 1. The van der Waals surface area contributed by atoms with Crippen LogP contribution in [0.3, 0.4) is 0 Å². The number of aliphatic hydroxyl groups is 1. The number of halogens is 2. The van der Waals surface area contributed by atoms with Gasteiger partial charge in [0.25, 0.3) is 0 Å². The molecule has 0 atom stereocenters. The Bertz CT molecular complexity index is 453. The molecule has 0 spiro atoms. The normalized spacial score (nSPS) is 17.2. The van der Waals surface area contributed by atoms with Crippen molar-refractivity contribution >= 4 is 5.97 Å². The van der Waals surface area contributed by atoms with E-state index in [0.717, 1.165) is 6.07 Å². The fourth-order valence-electron chi connectivity index (χ4n) is 1.57. The Labute approximate surface area is 90.3 Å². The van der Waals surface area contributed by atoms with Crippen LogP contribution in [-0.4, -0.2) is 21.8 Å². The number of benzene rings is 1. The Hall–Kier alpha value is -1.49. The molecule has 1 aliphatic carbocycles. The van der Waals surface area contributed by atoms with Crippen molar-refractivity contribution in [1.29, 1.82) is 0 Å². The lowest BCUT2D eigenvalue weighted by Crippen LogP contribution is -2.14. The van der Waals surface area contributed by atoms with E-state index >= 15 is 0 Å². The minimum atomic E-state index is -1.51. The molecular weight excluding hydrogens is 218 g/mol. The van der Waals surface area contributed by atoms with E-state index < -0.39 is 28.8 Å². The molecule has 0 aromatic heterocycles. The van der Waals surface area contributed by atoms with Gasteiger partial charge in [0.1, 0.15) is 0 Å². The molecular formula is C11H10F2O3. The lowest BCUT2D eigenvalue weighted by atomic mass is 10.0. The summed E-state index contributed by atoms with van der Waals surface area (Å²) in [6, 6.07) is 2.22. The highest BCUT2D eigenvalue weighted by Gasteiger charge is 2.41. The smallest absolute Gasteiger partial charge is 0.338 e. The van der Waals surface area contributed by atoms with Gasteiger partial charge >= 0.3 is 5.97 Å². The molecule has 0 radical (unpaired) electrons. The number of hydrogen-bond acceptors (Lipinski definition) is 2. The van der Waals surface area contributed by atoms with Crippen molar-refractivity contribution in [3.8, 4) is 0 Å². The molecule has 0 saturated heterocycles. The summed E-state index contributed by atoms with van der Waals surface area (Å²) in [5.74, 6) is -4.05. The first-order valence-corrected chi connectivity index (χ1v) is 4.85. The van der Waals surface area contributed by atoms with E-state index in [-0.39, 0.29) is 12.0 Å². The van der Waals surface area contributed by atoms with Crippen LogP contribution in [0.1, 0.15) is 28.8 Å². The lowest BCUT2D eigenvalue weighted by Gasteiger charge is -2.09. The summed E-state index contributed by atoms with van der Waals surface area (Å²) in [5.41, 5.74) is -1.61. The monoisotopic (exact) mass is 228 g/mol. The van der Waals surface area contributed by atoms with Crippen molar-refractivity contribution < 1.29 is 23.8 Å². The SMILES string of the molecule is O=C(O)c1ccc(CC2(O)CC2)c(F)c1F. The van der Waals surface area contributed by atoms with Crippen LogP contribution in [0.5, 0.6) is 0 Å². The van der Waals surface area contributed by atoms with Gasteiger partial charge in [-0.1, -0.05) is 6.07 Å². The summed E-state index contributed by atoms with van der Waals surface area (Å²) in [4.78, 5) is 10.5. The average molecular weight is 228 g/mol. The van der Waals surface area contributed by atoms with Crippen molar-refractivity contribution in [1.82, 2.24) is 0 Å². The lowest BCUT2D eigenvalue weighted by molar-refractivity contribution is 0.0690. The molecule has 1 saturated carbocycles. The predicted octanol–water partition coefficient (Wildman–Crippen LogP) is 1.73. The van der Waals surface area contributed by atoms with Gasteiger partial charge < -0.3 is 10.2 Å². The molecule has 0 aliphatic heterocycles. The quantitative estimate of drug-likeness (QED) is 0.828. The van der Waals surface area contributed by atoms with E-state index in [1.807, 2.05) is 0 Å². The molecule has 1 aromatic rings. The largest absolute Gasteiger partial charge is 0.478 e. The highest BCUT2D eigenvalue weighted by molar-refractivity contribution is 5.88. The number of hydrogen-bond donors (Lipinski definition) is 2. The summed E-state index contributed by atoms with van der Waals surface area (Å²) >= 11 is 0. The van der Waals surface area contributed by atoms with E-state index in [9.17, 15) is 18.7 Å². The third kappa shape index (κ3) is 1.90. The van der Waals surface area contributed by atoms with E-state index in [0.29, 0.717) is 12.8 Å². The Kier molecular flexibility index (Phi) is 2.42. The first-order chi connectivity index (χ1) is 7.43. The molecule has 16 heavy (non-hydrogen) atoms. The number of rotatable bonds is 3. The topological polar surface area (TPSA) is 57.5 Å². The maximum Gasteiger partial charge on any atom is 0.338 e. The zero-order valence-corrected chi connectivity index (χ0v) is 8.33. The second kappa shape index (κ2) is 3.52. The summed E-state index contributed by atoms with van der Waals surface area (Å²) in [7, 11) is 0. The van der Waals surface area contributed by atoms with Crippen LogP contribution < -0.4 is 0 Å². The zero-order valence-electron chi connectivity index (χ0n) is 8.33. The van der Waals surface area contributed by atoms with Crippen LogP contribution in [0.25, 0.3) is 0 Å². The van der Waals surface area contributed by atoms with Gasteiger partial charge in [-0.2, -0.15) is 0 Å². The van der Waals surface area contributed by atoms with E-state index in [2.05, 4.69) is 0 Å². The molecule has 0 bridgehead atoms. The molecule has 1 aliphatic rings. The molecule has 3 nitrogen and oxygen atoms in total. The van der Waals surface area contributed by atoms with Crippen LogP contribution in [0.4, 0.5) is 8.78 Å². The number of carbonyl (C=O) groups is 1. The van der Waals surface area contributed by atoms with E-state index in [1.54, 1.807) is 0 Å². The zero-order chi connectivity index (χ0) is 11.9. The van der Waals surface area contributed by atoms with Gasteiger partial charge in [-0.15, -0.1) is 0 Å². The minimum absolute atomic E-state index is 0.0162. The molecule has 86 valence electrons. The molecule has 0 amide bonds. The van der Waals surface area contributed by atoms with Gasteiger partial charge in [0.05, 0.1) is 11.2 Å². The standard InChI is InChI=1S/C11H10F2O3/c12-8-6(5-11(16)3-4-11)1-2-7(9(8)13)10(14)15/h1-2,16H,3-5H2,(H,14,15). The molecule has 1 fully saturated rings. The van der Waals surface area contributed by atoms with Crippen molar-refractivity contribution in [2.24, 2.45) is 0 Å². The number of aromatic carboxylic acids is 1. The Morgan fingerprint density at radius 2 is 1.94 bits per heavy atom. The Morgan fingerprint density at radius 3 is 2.44 bits per heavy atom. The van der Waals surface area contributed by atoms with E-state index in [1.165, 1.54) is 6.07 Å². The fraction of sp³-hybridized carbons (Fsp3) is 0.364. The van der Waals surface area contributed by atoms with Crippen molar-refractivity contribution in [3.63, 3.8) is 0 Å². The van der Waals surface area contributed by atoms with Crippen LogP contribution in [-0.2, 0) is 6.42 Å². The van der Waals surface area contributed by atoms with Gasteiger partial charge in [-0.3, -0.25) is 0 Å². The molecule has 5 heteroatoms. The van der Waals surface area contributed by atoms with Crippen molar-refractivity contribution in [2.75, 3.05) is 0 Å². The highest BCUT2D eigenvalue weighted by Crippen LogP contribution is 2.39. The van der Waals surface area contributed by atoms with Gasteiger partial charge in [0.2, 0.25) is 0 Å². The van der Waals surface area contributed by atoms with Crippen LogP contribution in [0.2, 0.25) is 0 Å². The van der Waals surface area contributed by atoms with Gasteiger partial charge in [-0.05, 0) is 24.5 Å². The van der Waals surface area contributed by atoms with Crippen LogP contribution in [0, 0.1) is 11.6 Å².